The van der Waals surface area contributed by atoms with E-state index in [0.717, 1.165) is 39.9 Å². The van der Waals surface area contributed by atoms with Gasteiger partial charge in [-0.25, -0.2) is 4.98 Å². The molecule has 0 atom stereocenters. The molecule has 0 aliphatic rings. The quantitative estimate of drug-likeness (QED) is 0.315. The molecule has 5 rings (SSSR count). The second-order valence-corrected chi connectivity index (χ2v) is 7.62. The van der Waals surface area contributed by atoms with Crippen molar-refractivity contribution in [3.8, 4) is 28.3 Å². The lowest BCUT2D eigenvalue weighted by molar-refractivity contribution is 0.309. The lowest BCUT2D eigenvalue weighted by Crippen LogP contribution is -2.00. The van der Waals surface area contributed by atoms with E-state index < -0.39 is 0 Å². The number of hydrogen-bond donors (Lipinski definition) is 1. The summed E-state index contributed by atoms with van der Waals surface area (Å²) in [6.07, 6.45) is 0.809. The maximum Gasteiger partial charge on any atom is 0.205 e. The van der Waals surface area contributed by atoms with Crippen LogP contribution in [0.3, 0.4) is 0 Å². The van der Waals surface area contributed by atoms with E-state index in [-0.39, 0.29) is 12.4 Å². The summed E-state index contributed by atoms with van der Waals surface area (Å²) in [4.78, 5) is 9.02. The van der Waals surface area contributed by atoms with E-state index in [9.17, 15) is 0 Å². The molecule has 0 radical (unpaired) electrons. The van der Waals surface area contributed by atoms with Crippen LogP contribution in [0.1, 0.15) is 18.2 Å². The van der Waals surface area contributed by atoms with Crippen molar-refractivity contribution in [3.05, 3.63) is 83.1 Å². The third kappa shape index (κ3) is 4.79. The topological polar surface area (TPSA) is 89.5 Å². The smallest absolute Gasteiger partial charge is 0.205 e. The van der Waals surface area contributed by atoms with E-state index in [0.29, 0.717) is 28.9 Å². The first-order valence-electron chi connectivity index (χ1n) is 10.2. The monoisotopic (exact) mass is 478 g/mol. The summed E-state index contributed by atoms with van der Waals surface area (Å²) >= 11 is 6.10. The lowest BCUT2D eigenvalue weighted by atomic mass is 9.98. The number of H-pyrrole nitrogens is 1. The zero-order chi connectivity index (χ0) is 21.9. The SMILES string of the molecule is CCc1cc(OCc2ccc(-c3ccccc3-c3nn[nH]n3)cc2)c2nc(Cl)ccc2n1.Cl. The molecule has 3 heterocycles. The Balaban J connectivity index is 0.00000259. The van der Waals surface area contributed by atoms with Crippen molar-refractivity contribution < 1.29 is 4.74 Å². The van der Waals surface area contributed by atoms with E-state index in [4.69, 9.17) is 16.3 Å². The second-order valence-electron chi connectivity index (χ2n) is 7.23. The van der Waals surface area contributed by atoms with Crippen LogP contribution in [-0.4, -0.2) is 30.6 Å². The Bertz CT molecular complexity index is 1370. The zero-order valence-corrected chi connectivity index (χ0v) is 19.3. The van der Waals surface area contributed by atoms with Crippen LogP contribution < -0.4 is 4.74 Å². The largest absolute Gasteiger partial charge is 0.486 e. The lowest BCUT2D eigenvalue weighted by Gasteiger charge is -2.12. The highest BCUT2D eigenvalue weighted by Crippen LogP contribution is 2.30. The highest BCUT2D eigenvalue weighted by molar-refractivity contribution is 6.29. The van der Waals surface area contributed by atoms with Crippen molar-refractivity contribution in [2.24, 2.45) is 0 Å². The number of ether oxygens (including phenoxy) is 1. The standard InChI is InChI=1S/C24H19ClN6O.ClH/c1-2-17-13-21(23-20(26-17)11-12-22(25)27-23)32-14-15-7-9-16(10-8-15)18-5-3-4-6-19(18)24-28-30-31-29-24;/h3-13H,2,14H2,1H3,(H,28,29,30,31);1H. The predicted octanol–water partition coefficient (Wildman–Crippen LogP) is 5.69. The summed E-state index contributed by atoms with van der Waals surface area (Å²) in [6.45, 7) is 2.47. The number of hydrogen-bond acceptors (Lipinski definition) is 6. The molecular formula is C24H20Cl2N6O. The molecule has 0 aliphatic heterocycles. The summed E-state index contributed by atoms with van der Waals surface area (Å²) in [5.74, 6) is 1.25. The number of benzene rings is 2. The Morgan fingerprint density at radius 3 is 2.45 bits per heavy atom. The van der Waals surface area contributed by atoms with E-state index in [1.807, 2.05) is 48.5 Å². The van der Waals surface area contributed by atoms with Crippen LogP contribution in [0.25, 0.3) is 33.5 Å². The molecule has 1 N–H and O–H groups in total. The van der Waals surface area contributed by atoms with Gasteiger partial charge in [-0.3, -0.25) is 4.98 Å². The van der Waals surface area contributed by atoms with Crippen molar-refractivity contribution in [2.45, 2.75) is 20.0 Å². The summed E-state index contributed by atoms with van der Waals surface area (Å²) in [6, 6.07) is 21.7. The van der Waals surface area contributed by atoms with Crippen molar-refractivity contribution in [1.82, 2.24) is 30.6 Å². The number of aromatic nitrogens is 6. The van der Waals surface area contributed by atoms with Gasteiger partial charge in [0.1, 0.15) is 23.0 Å². The molecule has 0 saturated heterocycles. The van der Waals surface area contributed by atoms with Crippen LogP contribution in [0, 0.1) is 0 Å². The Hall–Kier alpha value is -3.55. The van der Waals surface area contributed by atoms with Gasteiger partial charge in [0.15, 0.2) is 0 Å². The molecule has 3 aromatic heterocycles. The molecule has 166 valence electrons. The number of aromatic amines is 1. The molecule has 5 aromatic rings. The summed E-state index contributed by atoms with van der Waals surface area (Å²) in [5, 5.41) is 14.8. The van der Waals surface area contributed by atoms with E-state index in [1.54, 1.807) is 6.07 Å². The molecule has 9 heteroatoms. The number of fused-ring (bicyclic) bond motifs is 1. The van der Waals surface area contributed by atoms with Gasteiger partial charge in [0.05, 0.1) is 5.52 Å². The van der Waals surface area contributed by atoms with Gasteiger partial charge in [0.25, 0.3) is 0 Å². The highest BCUT2D eigenvalue weighted by atomic mass is 35.5. The van der Waals surface area contributed by atoms with Crippen LogP contribution in [0.5, 0.6) is 5.75 Å². The molecule has 0 amide bonds. The molecule has 2 aromatic carbocycles. The van der Waals surface area contributed by atoms with Crippen LogP contribution in [-0.2, 0) is 13.0 Å². The molecule has 7 nitrogen and oxygen atoms in total. The number of aryl methyl sites for hydroxylation is 1. The number of rotatable bonds is 6. The maximum absolute atomic E-state index is 6.14. The van der Waals surface area contributed by atoms with Crippen molar-refractivity contribution >= 4 is 35.0 Å². The first-order valence-corrected chi connectivity index (χ1v) is 10.6. The molecule has 0 fully saturated rings. The first-order chi connectivity index (χ1) is 15.7. The predicted molar refractivity (Wildman–Crippen MR) is 131 cm³/mol. The fourth-order valence-electron chi connectivity index (χ4n) is 3.54. The molecule has 0 spiro atoms. The fraction of sp³-hybridized carbons (Fsp3) is 0.125. The number of pyridine rings is 2. The Morgan fingerprint density at radius 2 is 1.73 bits per heavy atom. The average Bonchev–Trinajstić information content (AvgIpc) is 3.38. The minimum absolute atomic E-state index is 0. The van der Waals surface area contributed by atoms with Gasteiger partial charge in [0, 0.05) is 17.3 Å². The minimum Gasteiger partial charge on any atom is -0.486 e. The maximum atomic E-state index is 6.14. The van der Waals surface area contributed by atoms with E-state index in [1.165, 1.54) is 0 Å². The van der Waals surface area contributed by atoms with Gasteiger partial charge >= 0.3 is 0 Å². The van der Waals surface area contributed by atoms with Gasteiger partial charge in [-0.15, -0.1) is 22.6 Å². The molecule has 0 bridgehead atoms. The van der Waals surface area contributed by atoms with Gasteiger partial charge in [-0.05, 0) is 40.5 Å². The molecule has 0 saturated carbocycles. The van der Waals surface area contributed by atoms with Gasteiger partial charge in [-0.1, -0.05) is 67.1 Å². The molecule has 0 aliphatic carbocycles. The Kier molecular flexibility index (Phi) is 6.82. The number of nitrogens with zero attached hydrogens (tertiary/aromatic N) is 5. The number of halogens is 2. The summed E-state index contributed by atoms with van der Waals surface area (Å²) < 4.78 is 6.14. The van der Waals surface area contributed by atoms with Crippen LogP contribution in [0.15, 0.2) is 66.7 Å². The highest BCUT2D eigenvalue weighted by Gasteiger charge is 2.12. The summed E-state index contributed by atoms with van der Waals surface area (Å²) in [5.41, 5.74) is 6.44. The summed E-state index contributed by atoms with van der Waals surface area (Å²) in [7, 11) is 0. The normalized spacial score (nSPS) is 10.7. The van der Waals surface area contributed by atoms with E-state index >= 15 is 0 Å². The van der Waals surface area contributed by atoms with Crippen LogP contribution in [0.2, 0.25) is 5.15 Å². The van der Waals surface area contributed by atoms with Gasteiger partial charge in [-0.2, -0.15) is 5.21 Å². The Morgan fingerprint density at radius 1 is 0.939 bits per heavy atom. The minimum atomic E-state index is 0. The van der Waals surface area contributed by atoms with Crippen molar-refractivity contribution in [1.29, 1.82) is 0 Å². The molecular weight excluding hydrogens is 459 g/mol. The van der Waals surface area contributed by atoms with Gasteiger partial charge in [0.2, 0.25) is 5.82 Å². The van der Waals surface area contributed by atoms with E-state index in [2.05, 4.69) is 49.6 Å². The fourth-order valence-corrected chi connectivity index (χ4v) is 3.69. The molecule has 0 unspecified atom stereocenters. The van der Waals surface area contributed by atoms with Crippen molar-refractivity contribution in [3.63, 3.8) is 0 Å². The number of nitrogens with one attached hydrogen (secondary N) is 1. The van der Waals surface area contributed by atoms with Crippen LogP contribution >= 0.6 is 24.0 Å². The zero-order valence-electron chi connectivity index (χ0n) is 17.7. The van der Waals surface area contributed by atoms with Gasteiger partial charge < -0.3 is 4.74 Å². The first kappa shape index (κ1) is 22.6. The third-order valence-electron chi connectivity index (χ3n) is 5.17. The second kappa shape index (κ2) is 9.94. The molecule has 33 heavy (non-hydrogen) atoms. The Labute approximate surface area is 201 Å². The average molecular weight is 479 g/mol. The van der Waals surface area contributed by atoms with Crippen LogP contribution in [0.4, 0.5) is 0 Å². The third-order valence-corrected chi connectivity index (χ3v) is 5.38. The van der Waals surface area contributed by atoms with Crippen molar-refractivity contribution in [2.75, 3.05) is 0 Å². The number of tetrazole rings is 1.